The lowest BCUT2D eigenvalue weighted by atomic mass is 10.0. The van der Waals surface area contributed by atoms with Crippen LogP contribution in [0.3, 0.4) is 0 Å². The molecular formula is C22H27N5O2S. The van der Waals surface area contributed by atoms with Crippen molar-refractivity contribution in [1.82, 2.24) is 14.9 Å². The summed E-state index contributed by atoms with van der Waals surface area (Å²) >= 11 is 1.25. The SMILES string of the molecule is Cc1ccc(C(C)C)c(OCc2nnc(SCC(=O)N(C)c3ccccc3)n2N)c1. The molecular weight excluding hydrogens is 398 g/mol. The number of hydrogen-bond donors (Lipinski definition) is 1. The van der Waals surface area contributed by atoms with Gasteiger partial charge in [-0.25, -0.2) is 4.68 Å². The van der Waals surface area contributed by atoms with Gasteiger partial charge in [-0.05, 0) is 42.2 Å². The highest BCUT2D eigenvalue weighted by atomic mass is 32.2. The molecule has 3 rings (SSSR count). The Balaban J connectivity index is 1.61. The Bertz CT molecular complexity index is 1000. The molecule has 0 fully saturated rings. The molecule has 1 heterocycles. The minimum atomic E-state index is -0.0478. The molecule has 0 aliphatic heterocycles. The molecule has 0 saturated heterocycles. The molecule has 0 aliphatic rings. The quantitative estimate of drug-likeness (QED) is 0.437. The van der Waals surface area contributed by atoms with E-state index in [-0.39, 0.29) is 18.3 Å². The molecule has 3 aromatic rings. The molecule has 0 aliphatic carbocycles. The number of para-hydroxylation sites is 1. The van der Waals surface area contributed by atoms with Gasteiger partial charge in [0.05, 0.1) is 5.75 Å². The molecule has 7 nitrogen and oxygen atoms in total. The largest absolute Gasteiger partial charge is 0.485 e. The number of carbonyl (C=O) groups is 1. The van der Waals surface area contributed by atoms with Crippen molar-refractivity contribution in [2.45, 2.75) is 38.5 Å². The van der Waals surface area contributed by atoms with Crippen molar-refractivity contribution in [2.24, 2.45) is 0 Å². The van der Waals surface area contributed by atoms with Gasteiger partial charge >= 0.3 is 0 Å². The van der Waals surface area contributed by atoms with Crippen LogP contribution in [0.15, 0.2) is 53.7 Å². The maximum atomic E-state index is 12.5. The molecule has 1 aromatic heterocycles. The number of thioether (sulfide) groups is 1. The third-order valence-corrected chi connectivity index (χ3v) is 5.65. The van der Waals surface area contributed by atoms with E-state index in [0.29, 0.717) is 16.9 Å². The number of benzene rings is 2. The zero-order valence-corrected chi connectivity index (χ0v) is 18.5. The summed E-state index contributed by atoms with van der Waals surface area (Å²) in [5, 5.41) is 8.70. The maximum Gasteiger partial charge on any atom is 0.237 e. The Hall–Kier alpha value is -3.00. The van der Waals surface area contributed by atoms with Crippen LogP contribution in [-0.2, 0) is 11.4 Å². The summed E-state index contributed by atoms with van der Waals surface area (Å²) in [6, 6.07) is 15.7. The lowest BCUT2D eigenvalue weighted by Crippen LogP contribution is -2.28. The van der Waals surface area contributed by atoms with Crippen LogP contribution in [0.1, 0.15) is 36.7 Å². The van der Waals surface area contributed by atoms with Gasteiger partial charge in [0.2, 0.25) is 11.1 Å². The second kappa shape index (κ2) is 9.67. The van der Waals surface area contributed by atoms with Crippen LogP contribution in [0.25, 0.3) is 0 Å². The topological polar surface area (TPSA) is 86.3 Å². The second-order valence-corrected chi connectivity index (χ2v) is 8.27. The lowest BCUT2D eigenvalue weighted by molar-refractivity contribution is -0.115. The van der Waals surface area contributed by atoms with E-state index in [9.17, 15) is 4.79 Å². The third kappa shape index (κ3) is 5.13. The van der Waals surface area contributed by atoms with Crippen molar-refractivity contribution in [1.29, 1.82) is 0 Å². The van der Waals surface area contributed by atoms with E-state index in [0.717, 1.165) is 22.6 Å². The normalized spacial score (nSPS) is 11.0. The van der Waals surface area contributed by atoms with Crippen LogP contribution >= 0.6 is 11.8 Å². The van der Waals surface area contributed by atoms with Gasteiger partial charge in [0.25, 0.3) is 0 Å². The smallest absolute Gasteiger partial charge is 0.237 e. The first-order chi connectivity index (χ1) is 14.4. The summed E-state index contributed by atoms with van der Waals surface area (Å²) in [5.41, 5.74) is 3.10. The molecule has 2 aromatic carbocycles. The number of nitrogens with zero attached hydrogens (tertiary/aromatic N) is 4. The minimum absolute atomic E-state index is 0.0478. The van der Waals surface area contributed by atoms with Gasteiger partial charge in [-0.1, -0.05) is 55.9 Å². The number of carbonyl (C=O) groups excluding carboxylic acids is 1. The van der Waals surface area contributed by atoms with Crippen LogP contribution in [0, 0.1) is 6.92 Å². The number of amides is 1. The Morgan fingerprint density at radius 1 is 1.20 bits per heavy atom. The summed E-state index contributed by atoms with van der Waals surface area (Å²) in [7, 11) is 1.75. The monoisotopic (exact) mass is 425 g/mol. The molecule has 0 saturated carbocycles. The third-order valence-electron chi connectivity index (χ3n) is 4.73. The number of hydrogen-bond acceptors (Lipinski definition) is 6. The fraction of sp³-hybridized carbons (Fsp3) is 0.318. The van der Waals surface area contributed by atoms with Gasteiger partial charge in [-0.2, -0.15) is 0 Å². The van der Waals surface area contributed by atoms with E-state index in [1.54, 1.807) is 11.9 Å². The van der Waals surface area contributed by atoms with Crippen LogP contribution in [0.5, 0.6) is 5.75 Å². The van der Waals surface area contributed by atoms with Gasteiger partial charge in [-0.3, -0.25) is 4.79 Å². The molecule has 8 heteroatoms. The molecule has 1 amide bonds. The van der Waals surface area contributed by atoms with Gasteiger partial charge < -0.3 is 15.5 Å². The zero-order chi connectivity index (χ0) is 21.7. The van der Waals surface area contributed by atoms with Crippen LogP contribution < -0.4 is 15.5 Å². The highest BCUT2D eigenvalue weighted by Gasteiger charge is 2.16. The summed E-state index contributed by atoms with van der Waals surface area (Å²) < 4.78 is 7.37. The maximum absolute atomic E-state index is 12.5. The highest BCUT2D eigenvalue weighted by molar-refractivity contribution is 7.99. The average Bonchev–Trinajstić information content (AvgIpc) is 3.09. The molecule has 0 bridgehead atoms. The molecule has 158 valence electrons. The fourth-order valence-corrected chi connectivity index (χ4v) is 3.70. The predicted octanol–water partition coefficient (Wildman–Crippen LogP) is 3.76. The van der Waals surface area contributed by atoms with E-state index in [2.05, 4.69) is 36.2 Å². The van der Waals surface area contributed by atoms with Gasteiger partial charge in [0.1, 0.15) is 12.4 Å². The van der Waals surface area contributed by atoms with E-state index >= 15 is 0 Å². The van der Waals surface area contributed by atoms with Gasteiger partial charge in [0.15, 0.2) is 5.82 Å². The van der Waals surface area contributed by atoms with E-state index in [1.807, 2.05) is 43.3 Å². The molecule has 2 N–H and O–H groups in total. The Kier molecular flexibility index (Phi) is 6.99. The lowest BCUT2D eigenvalue weighted by Gasteiger charge is -2.16. The first-order valence-electron chi connectivity index (χ1n) is 9.74. The Morgan fingerprint density at radius 2 is 1.93 bits per heavy atom. The van der Waals surface area contributed by atoms with Crippen molar-refractivity contribution in [3.05, 3.63) is 65.5 Å². The minimum Gasteiger partial charge on any atom is -0.485 e. The number of anilines is 1. The summed E-state index contributed by atoms with van der Waals surface area (Å²) in [4.78, 5) is 14.1. The highest BCUT2D eigenvalue weighted by Crippen LogP contribution is 2.28. The van der Waals surface area contributed by atoms with Gasteiger partial charge in [0, 0.05) is 12.7 Å². The van der Waals surface area contributed by atoms with Crippen LogP contribution in [0.4, 0.5) is 5.69 Å². The Labute approximate surface area is 181 Å². The summed E-state index contributed by atoms with van der Waals surface area (Å²) in [6.07, 6.45) is 0. The van der Waals surface area contributed by atoms with E-state index in [4.69, 9.17) is 10.6 Å². The molecule has 0 radical (unpaired) electrons. The average molecular weight is 426 g/mol. The Morgan fingerprint density at radius 3 is 2.63 bits per heavy atom. The number of rotatable bonds is 8. The van der Waals surface area contributed by atoms with Gasteiger partial charge in [-0.15, -0.1) is 10.2 Å². The van der Waals surface area contributed by atoms with Crippen LogP contribution in [0.2, 0.25) is 0 Å². The van der Waals surface area contributed by atoms with E-state index < -0.39 is 0 Å². The molecule has 0 unspecified atom stereocenters. The van der Waals surface area contributed by atoms with E-state index in [1.165, 1.54) is 16.4 Å². The summed E-state index contributed by atoms with van der Waals surface area (Å²) in [6.45, 7) is 6.48. The van der Waals surface area contributed by atoms with Crippen LogP contribution in [-0.4, -0.2) is 33.6 Å². The molecule has 0 spiro atoms. The number of aromatic nitrogens is 3. The van der Waals surface area contributed by atoms with Crippen molar-refractivity contribution in [3.63, 3.8) is 0 Å². The summed E-state index contributed by atoms with van der Waals surface area (Å²) in [5.74, 6) is 7.95. The predicted molar refractivity (Wildman–Crippen MR) is 120 cm³/mol. The number of nitrogen functional groups attached to an aromatic ring is 1. The first-order valence-corrected chi connectivity index (χ1v) is 10.7. The van der Waals surface area contributed by atoms with Crippen molar-refractivity contribution < 1.29 is 9.53 Å². The molecule has 0 atom stereocenters. The first kappa shape index (κ1) is 21.7. The number of aryl methyl sites for hydroxylation is 1. The number of ether oxygens (including phenoxy) is 1. The van der Waals surface area contributed by atoms with Crippen molar-refractivity contribution in [3.8, 4) is 5.75 Å². The van der Waals surface area contributed by atoms with Crippen molar-refractivity contribution in [2.75, 3.05) is 23.5 Å². The fourth-order valence-electron chi connectivity index (χ4n) is 2.91. The zero-order valence-electron chi connectivity index (χ0n) is 17.7. The standard InChI is InChI=1S/C22H27N5O2S/c1-15(2)18-11-10-16(3)12-19(18)29-13-20-24-25-22(27(20)23)30-14-21(28)26(4)17-8-6-5-7-9-17/h5-12,15H,13-14,23H2,1-4H3. The number of nitrogens with two attached hydrogens (primary N) is 1. The second-order valence-electron chi connectivity index (χ2n) is 7.33. The molecule has 30 heavy (non-hydrogen) atoms. The van der Waals surface area contributed by atoms with Crippen molar-refractivity contribution >= 4 is 23.4 Å².